The highest BCUT2D eigenvalue weighted by Gasteiger charge is 2.44. The highest BCUT2D eigenvalue weighted by molar-refractivity contribution is 6.10. The number of hydrogen-bond donors (Lipinski definition) is 1. The zero-order valence-corrected chi connectivity index (χ0v) is 22.5. The Morgan fingerprint density at radius 2 is 2.03 bits per heavy atom. The van der Waals surface area contributed by atoms with Gasteiger partial charge in [0.15, 0.2) is 5.82 Å². The molecule has 0 radical (unpaired) electrons. The van der Waals surface area contributed by atoms with Gasteiger partial charge in [0.25, 0.3) is 5.91 Å². The van der Waals surface area contributed by atoms with Crippen molar-refractivity contribution in [3.8, 4) is 11.5 Å². The van der Waals surface area contributed by atoms with Gasteiger partial charge in [-0.25, -0.2) is 9.78 Å². The number of nitrogens with zero attached hydrogens (tertiary/aromatic N) is 6. The number of pyridine rings is 2. The second-order valence-corrected chi connectivity index (χ2v) is 12.1. The average Bonchev–Trinajstić information content (AvgIpc) is 3.20. The summed E-state index contributed by atoms with van der Waals surface area (Å²) in [6.07, 6.45) is 2.56. The van der Waals surface area contributed by atoms with E-state index >= 15 is 0 Å². The number of hydrogen-bond acceptors (Lipinski definition) is 8. The van der Waals surface area contributed by atoms with E-state index < -0.39 is 17.7 Å². The van der Waals surface area contributed by atoms with Gasteiger partial charge in [-0.15, -0.1) is 10.2 Å². The van der Waals surface area contributed by atoms with Crippen LogP contribution in [0.25, 0.3) is 11.5 Å². The number of anilines is 1. The molecule has 1 aliphatic carbocycles. The van der Waals surface area contributed by atoms with Crippen molar-refractivity contribution in [2.45, 2.75) is 83.2 Å². The molecule has 0 spiro atoms. The molecule has 3 aromatic heterocycles. The molecule has 3 aliphatic heterocycles. The van der Waals surface area contributed by atoms with Crippen LogP contribution in [0.3, 0.4) is 0 Å². The highest BCUT2D eigenvalue weighted by Crippen LogP contribution is 2.48. The molecule has 0 saturated heterocycles. The van der Waals surface area contributed by atoms with Crippen molar-refractivity contribution in [1.82, 2.24) is 30.0 Å². The lowest BCUT2D eigenvalue weighted by atomic mass is 9.97. The third-order valence-electron chi connectivity index (χ3n) is 7.95. The molecule has 2 amide bonds. The molecule has 39 heavy (non-hydrogen) atoms. The minimum absolute atomic E-state index is 0.0872. The molecular formula is C28H31N7O4. The third kappa shape index (κ3) is 4.07. The lowest BCUT2D eigenvalue weighted by molar-refractivity contribution is -0.00748. The van der Waals surface area contributed by atoms with Gasteiger partial charge in [-0.1, -0.05) is 13.0 Å². The second-order valence-electron chi connectivity index (χ2n) is 12.1. The molecule has 0 aromatic carbocycles. The number of nitrogens with one attached hydrogen (secondary N) is 1. The lowest BCUT2D eigenvalue weighted by Gasteiger charge is -2.26. The molecule has 3 aromatic rings. The smallest absolute Gasteiger partial charge is 0.408 e. The fraction of sp³-hybridized carbons (Fsp3) is 0.500. The van der Waals surface area contributed by atoms with Gasteiger partial charge in [0.1, 0.15) is 29.2 Å². The van der Waals surface area contributed by atoms with Crippen molar-refractivity contribution in [2.24, 2.45) is 0 Å². The van der Waals surface area contributed by atoms with Crippen LogP contribution in [-0.2, 0) is 27.9 Å². The van der Waals surface area contributed by atoms with Gasteiger partial charge in [0, 0.05) is 28.7 Å². The van der Waals surface area contributed by atoms with Gasteiger partial charge >= 0.3 is 6.09 Å². The first-order valence-corrected chi connectivity index (χ1v) is 13.5. The molecule has 1 N–H and O–H groups in total. The largest absolute Gasteiger partial charge is 0.444 e. The first-order valence-electron chi connectivity index (χ1n) is 13.5. The van der Waals surface area contributed by atoms with Gasteiger partial charge in [0.05, 0.1) is 24.9 Å². The van der Waals surface area contributed by atoms with E-state index in [1.807, 2.05) is 49.6 Å². The first kappa shape index (κ1) is 24.2. The number of carbonyl (C=O) groups is 2. The van der Waals surface area contributed by atoms with E-state index in [1.165, 1.54) is 0 Å². The molecule has 4 aliphatic rings. The standard InChI is InChI=1S/C28H31N7O4/c1-27(2,3)39-26(37)30-18-14-38-22-9-8-21-32-33-24(35(21)22)17-6-5-7-20(29-17)34-13-16-15(25(34)36)12-19(31-23(16)18)28(4)10-11-28/h5-7,12,18,22H,8-11,13-14H2,1-4H3,(H,30,37)/t18-,22+/m1/s1. The summed E-state index contributed by atoms with van der Waals surface area (Å²) in [4.78, 5) is 38.5. The lowest BCUT2D eigenvalue weighted by Crippen LogP contribution is -2.38. The Balaban J connectivity index is 1.39. The van der Waals surface area contributed by atoms with Crippen LogP contribution in [0.15, 0.2) is 24.3 Å². The van der Waals surface area contributed by atoms with Crippen molar-refractivity contribution in [1.29, 1.82) is 0 Å². The van der Waals surface area contributed by atoms with Crippen LogP contribution >= 0.6 is 0 Å². The predicted molar refractivity (Wildman–Crippen MR) is 140 cm³/mol. The summed E-state index contributed by atoms with van der Waals surface area (Å²) < 4.78 is 14.1. The number of rotatable bonds is 2. The fourth-order valence-corrected chi connectivity index (χ4v) is 5.60. The average molecular weight is 530 g/mol. The maximum Gasteiger partial charge on any atom is 0.408 e. The molecule has 1 saturated carbocycles. The van der Waals surface area contributed by atoms with Crippen LogP contribution in [0.5, 0.6) is 0 Å². The van der Waals surface area contributed by atoms with Crippen LogP contribution in [0.1, 0.15) is 92.4 Å². The Hall–Kier alpha value is -3.86. The number of fused-ring (bicyclic) bond motifs is 5. The SMILES string of the molecule is CC(C)(C)OC(=O)N[C@@H]1CO[C@H]2CCc3nnc(n32)-c2cccc(n2)N2Cc3c(cc(C4(C)CC4)nc31)C2=O. The number of aromatic nitrogens is 5. The Morgan fingerprint density at radius 1 is 1.21 bits per heavy atom. The second kappa shape index (κ2) is 8.32. The Morgan fingerprint density at radius 3 is 2.79 bits per heavy atom. The van der Waals surface area contributed by atoms with Gasteiger partial charge in [-0.2, -0.15) is 0 Å². The van der Waals surface area contributed by atoms with Crippen molar-refractivity contribution in [3.05, 3.63) is 52.6 Å². The molecule has 1 fully saturated rings. The minimum Gasteiger partial charge on any atom is -0.444 e. The quantitative estimate of drug-likeness (QED) is 0.529. The molecule has 6 heterocycles. The normalized spacial score (nSPS) is 22.5. The van der Waals surface area contributed by atoms with Crippen molar-refractivity contribution in [2.75, 3.05) is 11.5 Å². The molecular weight excluding hydrogens is 498 g/mol. The zero-order valence-electron chi connectivity index (χ0n) is 22.5. The van der Waals surface area contributed by atoms with Crippen molar-refractivity contribution >= 4 is 17.8 Å². The fourth-order valence-electron chi connectivity index (χ4n) is 5.60. The van der Waals surface area contributed by atoms with Crippen LogP contribution in [0.4, 0.5) is 10.6 Å². The number of alkyl carbamates (subject to hydrolysis) is 1. The predicted octanol–water partition coefficient (Wildman–Crippen LogP) is 3.99. The third-order valence-corrected chi connectivity index (χ3v) is 7.95. The summed E-state index contributed by atoms with van der Waals surface area (Å²) in [5.74, 6) is 1.80. The van der Waals surface area contributed by atoms with Crippen LogP contribution < -0.4 is 10.2 Å². The molecule has 11 heteroatoms. The van der Waals surface area contributed by atoms with Gasteiger partial charge in [0.2, 0.25) is 0 Å². The van der Waals surface area contributed by atoms with Gasteiger partial charge in [-0.3, -0.25) is 19.2 Å². The maximum absolute atomic E-state index is 13.8. The molecule has 11 nitrogen and oxygen atoms in total. The number of carbonyl (C=O) groups excluding carboxylic acids is 2. The number of ether oxygens (including phenoxy) is 2. The monoisotopic (exact) mass is 529 g/mol. The molecule has 0 unspecified atom stereocenters. The van der Waals surface area contributed by atoms with Crippen molar-refractivity contribution < 1.29 is 19.1 Å². The van der Waals surface area contributed by atoms with E-state index in [-0.39, 0.29) is 30.7 Å². The van der Waals surface area contributed by atoms with Crippen LogP contribution in [0, 0.1) is 0 Å². The maximum atomic E-state index is 13.8. The molecule has 7 rings (SSSR count). The van der Waals surface area contributed by atoms with Gasteiger partial charge in [-0.05, 0) is 58.2 Å². The highest BCUT2D eigenvalue weighted by atomic mass is 16.6. The van der Waals surface area contributed by atoms with Crippen molar-refractivity contribution in [3.63, 3.8) is 0 Å². The van der Waals surface area contributed by atoms with E-state index in [4.69, 9.17) is 19.4 Å². The molecule has 4 bridgehead atoms. The van der Waals surface area contributed by atoms with E-state index in [2.05, 4.69) is 22.4 Å². The summed E-state index contributed by atoms with van der Waals surface area (Å²) in [5.41, 5.74) is 2.72. The zero-order chi connectivity index (χ0) is 27.1. The topological polar surface area (TPSA) is 124 Å². The molecule has 202 valence electrons. The van der Waals surface area contributed by atoms with E-state index in [0.29, 0.717) is 35.0 Å². The number of amides is 2. The summed E-state index contributed by atoms with van der Waals surface area (Å²) in [5, 5.41) is 11.8. The first-order chi connectivity index (χ1) is 18.6. The Labute approximate surface area is 225 Å². The van der Waals surface area contributed by atoms with Gasteiger partial charge < -0.3 is 14.8 Å². The van der Waals surface area contributed by atoms with Crippen LogP contribution in [-0.4, -0.2) is 48.9 Å². The molecule has 2 atom stereocenters. The van der Waals surface area contributed by atoms with E-state index in [0.717, 1.165) is 36.3 Å². The van der Waals surface area contributed by atoms with Crippen LogP contribution in [0.2, 0.25) is 0 Å². The van der Waals surface area contributed by atoms with E-state index in [9.17, 15) is 9.59 Å². The Bertz CT molecular complexity index is 1520. The summed E-state index contributed by atoms with van der Waals surface area (Å²) in [7, 11) is 0. The summed E-state index contributed by atoms with van der Waals surface area (Å²) in [6, 6.07) is 6.87. The number of aryl methyl sites for hydroxylation is 1. The Kier molecular flexibility index (Phi) is 5.16. The van der Waals surface area contributed by atoms with E-state index in [1.54, 1.807) is 4.90 Å². The summed E-state index contributed by atoms with van der Waals surface area (Å²) >= 11 is 0. The summed E-state index contributed by atoms with van der Waals surface area (Å²) in [6.45, 7) is 8.06. The minimum atomic E-state index is -0.673.